The summed E-state index contributed by atoms with van der Waals surface area (Å²) in [6, 6.07) is 3.47. The number of ether oxygens (including phenoxy) is 1. The van der Waals surface area contributed by atoms with Crippen LogP contribution in [0.4, 0.5) is 26.3 Å². The van der Waals surface area contributed by atoms with Crippen molar-refractivity contribution in [2.45, 2.75) is 94.7 Å². The van der Waals surface area contributed by atoms with Gasteiger partial charge in [-0.1, -0.05) is 6.07 Å². The molecule has 0 unspecified atom stereocenters. The Balaban J connectivity index is 1.50. The molecular formula is C22H28F6O. The van der Waals surface area contributed by atoms with E-state index in [0.717, 1.165) is 31.4 Å². The summed E-state index contributed by atoms with van der Waals surface area (Å²) >= 11 is 0. The van der Waals surface area contributed by atoms with Gasteiger partial charge in [-0.15, -0.1) is 13.2 Å². The standard InChI is InChI=1S/C22H28F6O/c1-20(24)9-4-15(5-10-20)6-11-21(25)12-7-16(8-13-21)17-2-3-19(18(23)14-17)29-22(26,27)28/h2-3,14-16H,4-13H2,1H3. The fourth-order valence-electron chi connectivity index (χ4n) is 4.73. The van der Waals surface area contributed by atoms with Crippen LogP contribution in [-0.2, 0) is 0 Å². The average molecular weight is 422 g/mol. The Bertz CT molecular complexity index is 681. The van der Waals surface area contributed by atoms with E-state index in [-0.39, 0.29) is 5.92 Å². The molecule has 0 spiro atoms. The molecule has 0 bridgehead atoms. The Morgan fingerprint density at radius 2 is 1.62 bits per heavy atom. The third kappa shape index (κ3) is 6.29. The molecule has 0 aliphatic heterocycles. The van der Waals surface area contributed by atoms with Crippen LogP contribution in [0.25, 0.3) is 0 Å². The first-order valence-corrected chi connectivity index (χ1v) is 10.4. The van der Waals surface area contributed by atoms with E-state index in [4.69, 9.17) is 0 Å². The van der Waals surface area contributed by atoms with Gasteiger partial charge in [0.25, 0.3) is 0 Å². The first-order valence-electron chi connectivity index (χ1n) is 10.4. The van der Waals surface area contributed by atoms with Crippen LogP contribution >= 0.6 is 0 Å². The summed E-state index contributed by atoms with van der Waals surface area (Å²) in [4.78, 5) is 0. The van der Waals surface area contributed by atoms with Crippen LogP contribution in [-0.4, -0.2) is 17.7 Å². The summed E-state index contributed by atoms with van der Waals surface area (Å²) in [6.45, 7) is 1.63. The highest BCUT2D eigenvalue weighted by Gasteiger charge is 2.38. The molecule has 0 heterocycles. The molecule has 0 saturated heterocycles. The lowest BCUT2D eigenvalue weighted by atomic mass is 9.72. The highest BCUT2D eigenvalue weighted by molar-refractivity contribution is 5.32. The molecule has 7 heteroatoms. The van der Waals surface area contributed by atoms with Crippen molar-refractivity contribution in [3.8, 4) is 5.75 Å². The minimum absolute atomic E-state index is 0.0739. The summed E-state index contributed by atoms with van der Waals surface area (Å²) in [5.41, 5.74) is -1.77. The summed E-state index contributed by atoms with van der Waals surface area (Å²) in [7, 11) is 0. The van der Waals surface area contributed by atoms with E-state index in [2.05, 4.69) is 4.74 Å². The zero-order chi connectivity index (χ0) is 21.3. The van der Waals surface area contributed by atoms with Gasteiger partial charge >= 0.3 is 6.36 Å². The number of rotatable bonds is 5. The second kappa shape index (κ2) is 8.38. The van der Waals surface area contributed by atoms with E-state index in [1.165, 1.54) is 6.07 Å². The Labute approximate surface area is 167 Å². The first kappa shape index (κ1) is 22.3. The van der Waals surface area contributed by atoms with Gasteiger partial charge in [-0.25, -0.2) is 13.2 Å². The van der Waals surface area contributed by atoms with Crippen LogP contribution in [0.3, 0.4) is 0 Å². The van der Waals surface area contributed by atoms with Crippen LogP contribution in [0.2, 0.25) is 0 Å². The number of hydrogen-bond donors (Lipinski definition) is 0. The van der Waals surface area contributed by atoms with E-state index in [0.29, 0.717) is 56.4 Å². The molecule has 2 fully saturated rings. The van der Waals surface area contributed by atoms with Crippen molar-refractivity contribution in [1.82, 2.24) is 0 Å². The van der Waals surface area contributed by atoms with Crippen LogP contribution in [0.1, 0.15) is 82.6 Å². The summed E-state index contributed by atoms with van der Waals surface area (Å²) in [6.07, 6.45) is 0.732. The third-order valence-corrected chi connectivity index (χ3v) is 6.68. The smallest absolute Gasteiger partial charge is 0.403 e. The van der Waals surface area contributed by atoms with Crippen molar-refractivity contribution < 1.29 is 31.1 Å². The predicted octanol–water partition coefficient (Wildman–Crippen LogP) is 7.79. The molecule has 1 nitrogen and oxygen atoms in total. The lowest BCUT2D eigenvalue weighted by Crippen LogP contribution is -2.31. The van der Waals surface area contributed by atoms with Gasteiger partial charge in [0.2, 0.25) is 0 Å². The molecule has 0 aromatic heterocycles. The molecule has 0 radical (unpaired) electrons. The molecule has 164 valence electrons. The molecule has 0 atom stereocenters. The molecule has 2 aliphatic rings. The van der Waals surface area contributed by atoms with Crippen molar-refractivity contribution in [3.05, 3.63) is 29.6 Å². The molecule has 29 heavy (non-hydrogen) atoms. The molecule has 2 saturated carbocycles. The van der Waals surface area contributed by atoms with Gasteiger partial charge in [0, 0.05) is 0 Å². The molecular weight excluding hydrogens is 394 g/mol. The number of benzene rings is 1. The maximum Gasteiger partial charge on any atom is 0.573 e. The van der Waals surface area contributed by atoms with Gasteiger partial charge in [0.15, 0.2) is 11.6 Å². The van der Waals surface area contributed by atoms with Crippen LogP contribution in [0, 0.1) is 11.7 Å². The Kier molecular flexibility index (Phi) is 6.44. The quantitative estimate of drug-likeness (QED) is 0.440. The Morgan fingerprint density at radius 3 is 2.17 bits per heavy atom. The number of alkyl halides is 5. The van der Waals surface area contributed by atoms with Crippen LogP contribution in [0.15, 0.2) is 18.2 Å². The van der Waals surface area contributed by atoms with E-state index in [1.807, 2.05) is 0 Å². The van der Waals surface area contributed by atoms with Gasteiger partial charge in [-0.2, -0.15) is 0 Å². The first-order chi connectivity index (χ1) is 13.4. The van der Waals surface area contributed by atoms with Crippen LogP contribution < -0.4 is 4.74 Å². The maximum absolute atomic E-state index is 15.2. The van der Waals surface area contributed by atoms with Gasteiger partial charge in [-0.05, 0) is 101 Å². The van der Waals surface area contributed by atoms with Crippen molar-refractivity contribution in [3.63, 3.8) is 0 Å². The van der Waals surface area contributed by atoms with Crippen LogP contribution in [0.5, 0.6) is 5.75 Å². The molecule has 1 aromatic carbocycles. The van der Waals surface area contributed by atoms with Crippen molar-refractivity contribution in [1.29, 1.82) is 0 Å². The normalized spacial score (nSPS) is 33.5. The zero-order valence-electron chi connectivity index (χ0n) is 16.6. The monoisotopic (exact) mass is 422 g/mol. The van der Waals surface area contributed by atoms with Crippen molar-refractivity contribution in [2.24, 2.45) is 5.92 Å². The molecule has 0 N–H and O–H groups in total. The van der Waals surface area contributed by atoms with Crippen molar-refractivity contribution in [2.75, 3.05) is 0 Å². The fraction of sp³-hybridized carbons (Fsp3) is 0.727. The summed E-state index contributed by atoms with van der Waals surface area (Å²) < 4.78 is 83.5. The predicted molar refractivity (Wildman–Crippen MR) is 98.8 cm³/mol. The van der Waals surface area contributed by atoms with Gasteiger partial charge < -0.3 is 4.74 Å². The lowest BCUT2D eigenvalue weighted by molar-refractivity contribution is -0.275. The topological polar surface area (TPSA) is 9.23 Å². The van der Waals surface area contributed by atoms with Crippen molar-refractivity contribution >= 4 is 0 Å². The maximum atomic E-state index is 15.2. The largest absolute Gasteiger partial charge is 0.573 e. The molecule has 0 amide bonds. The van der Waals surface area contributed by atoms with Gasteiger partial charge in [0.05, 0.1) is 0 Å². The lowest BCUT2D eigenvalue weighted by Gasteiger charge is -2.36. The zero-order valence-corrected chi connectivity index (χ0v) is 16.6. The average Bonchev–Trinajstić information content (AvgIpc) is 2.62. The molecule has 2 aliphatic carbocycles. The summed E-state index contributed by atoms with van der Waals surface area (Å²) in [5, 5.41) is 0. The van der Waals surface area contributed by atoms with E-state index >= 15 is 4.39 Å². The number of hydrogen-bond acceptors (Lipinski definition) is 1. The van der Waals surface area contributed by atoms with E-state index in [9.17, 15) is 22.0 Å². The SMILES string of the molecule is CC1(F)CCC(CCC2(F)CCC(c3ccc(OC(F)(F)F)c(F)c3)CC2)CC1. The minimum Gasteiger partial charge on any atom is -0.403 e. The Morgan fingerprint density at radius 1 is 1.00 bits per heavy atom. The van der Waals surface area contributed by atoms with E-state index in [1.54, 1.807) is 6.92 Å². The molecule has 3 rings (SSSR count). The summed E-state index contributed by atoms with van der Waals surface area (Å²) in [5.74, 6) is -1.61. The van der Waals surface area contributed by atoms with E-state index < -0.39 is 29.3 Å². The van der Waals surface area contributed by atoms with Gasteiger partial charge in [-0.3, -0.25) is 0 Å². The second-order valence-corrected chi connectivity index (χ2v) is 9.06. The molecule has 1 aromatic rings. The Hall–Kier alpha value is -1.40. The highest BCUT2D eigenvalue weighted by atomic mass is 19.4. The second-order valence-electron chi connectivity index (χ2n) is 9.06. The minimum atomic E-state index is -4.94. The number of halogens is 6. The third-order valence-electron chi connectivity index (χ3n) is 6.68. The fourth-order valence-corrected chi connectivity index (χ4v) is 4.73. The van der Waals surface area contributed by atoms with Gasteiger partial charge in [0.1, 0.15) is 11.3 Å². The highest BCUT2D eigenvalue weighted by Crippen LogP contribution is 2.45.